The maximum Gasteiger partial charge on any atom is 0.320 e. The zero-order valence-electron chi connectivity index (χ0n) is 16.2. The maximum absolute atomic E-state index is 13.1. The number of nitrogens with zero attached hydrogens (tertiary/aromatic N) is 4. The first-order chi connectivity index (χ1) is 14.2. The van der Waals surface area contributed by atoms with Gasteiger partial charge in [0.2, 0.25) is 0 Å². The van der Waals surface area contributed by atoms with Gasteiger partial charge in [-0.15, -0.1) is 0 Å². The summed E-state index contributed by atoms with van der Waals surface area (Å²) in [5.74, 6) is -0.252. The molecule has 0 aliphatic carbocycles. The highest BCUT2D eigenvalue weighted by molar-refractivity contribution is 5.79. The molecule has 2 amide bonds. The molecule has 148 valence electrons. The number of hydrogen-bond donors (Lipinski definition) is 0. The van der Waals surface area contributed by atoms with Crippen molar-refractivity contribution in [2.45, 2.75) is 19.1 Å². The quantitative estimate of drug-likeness (QED) is 0.685. The third-order valence-electron chi connectivity index (χ3n) is 5.85. The minimum Gasteiger partial charge on any atom is -0.318 e. The average molecular weight is 390 g/mol. The lowest BCUT2D eigenvalue weighted by Crippen LogP contribution is -2.51. The minimum atomic E-state index is -0.252. The van der Waals surface area contributed by atoms with Crippen molar-refractivity contribution in [2.75, 3.05) is 26.2 Å². The molecule has 2 fully saturated rings. The topological polar surface area (TPSA) is 39.7 Å². The first kappa shape index (κ1) is 18.1. The molecule has 0 radical (unpaired) electrons. The summed E-state index contributed by atoms with van der Waals surface area (Å²) >= 11 is 0. The van der Waals surface area contributed by atoms with Crippen LogP contribution in [-0.2, 0) is 13.1 Å². The van der Waals surface area contributed by atoms with Crippen LogP contribution in [-0.4, -0.2) is 57.9 Å². The van der Waals surface area contributed by atoms with Crippen LogP contribution < -0.4 is 0 Å². The summed E-state index contributed by atoms with van der Waals surface area (Å²) in [7, 11) is 0. The SMILES string of the molecule is O=C1N(Cc2ccc(F)cc2)C[C@H]2CN(Cc3cnc4ccccc4c3)CCN12. The van der Waals surface area contributed by atoms with E-state index in [1.54, 1.807) is 12.1 Å². The monoisotopic (exact) mass is 390 g/mol. The Hall–Kier alpha value is -2.99. The molecule has 3 aromatic rings. The molecule has 2 aliphatic heterocycles. The van der Waals surface area contributed by atoms with Crippen molar-refractivity contribution in [1.82, 2.24) is 19.7 Å². The molecular formula is C23H23FN4O. The smallest absolute Gasteiger partial charge is 0.318 e. The summed E-state index contributed by atoms with van der Waals surface area (Å²) in [4.78, 5) is 23.6. The van der Waals surface area contributed by atoms with Crippen molar-refractivity contribution in [1.29, 1.82) is 0 Å². The minimum absolute atomic E-state index is 0.0892. The van der Waals surface area contributed by atoms with Gasteiger partial charge < -0.3 is 9.80 Å². The lowest BCUT2D eigenvalue weighted by atomic mass is 10.1. The number of piperazine rings is 1. The first-order valence-electron chi connectivity index (χ1n) is 10.0. The van der Waals surface area contributed by atoms with E-state index in [1.807, 2.05) is 34.2 Å². The molecule has 0 bridgehead atoms. The van der Waals surface area contributed by atoms with E-state index in [0.29, 0.717) is 13.1 Å². The van der Waals surface area contributed by atoms with E-state index in [0.717, 1.165) is 42.6 Å². The van der Waals surface area contributed by atoms with Crippen LogP contribution in [0, 0.1) is 5.82 Å². The van der Waals surface area contributed by atoms with Gasteiger partial charge in [-0.3, -0.25) is 9.88 Å². The fourth-order valence-electron chi connectivity index (χ4n) is 4.39. The van der Waals surface area contributed by atoms with E-state index < -0.39 is 0 Å². The summed E-state index contributed by atoms with van der Waals surface area (Å²) in [6.45, 7) is 4.54. The van der Waals surface area contributed by atoms with E-state index in [4.69, 9.17) is 0 Å². The summed E-state index contributed by atoms with van der Waals surface area (Å²) in [5.41, 5.74) is 3.17. The van der Waals surface area contributed by atoms with Gasteiger partial charge >= 0.3 is 6.03 Å². The molecule has 0 unspecified atom stereocenters. The molecule has 1 atom stereocenters. The van der Waals surface area contributed by atoms with Gasteiger partial charge in [0.1, 0.15) is 5.82 Å². The Balaban J connectivity index is 1.24. The molecule has 5 rings (SSSR count). The summed E-state index contributed by atoms with van der Waals surface area (Å²) in [6.07, 6.45) is 1.95. The van der Waals surface area contributed by atoms with Gasteiger partial charge in [0.15, 0.2) is 0 Å². The van der Waals surface area contributed by atoms with Gasteiger partial charge in [-0.1, -0.05) is 30.3 Å². The standard InChI is InChI=1S/C23H23FN4O/c24-20-7-5-17(6-8-20)14-27-16-21-15-26(9-10-28(21)23(27)29)13-18-11-19-3-1-2-4-22(19)25-12-18/h1-8,11-12,21H,9-10,13-16H2/t21-/m1/s1. The number of para-hydroxylation sites is 1. The fourth-order valence-corrected chi connectivity index (χ4v) is 4.39. The van der Waals surface area contributed by atoms with Crippen molar-refractivity contribution in [3.8, 4) is 0 Å². The number of carbonyl (C=O) groups excluding carboxylic acids is 1. The van der Waals surface area contributed by atoms with Crippen molar-refractivity contribution in [3.63, 3.8) is 0 Å². The highest BCUT2D eigenvalue weighted by Gasteiger charge is 2.40. The van der Waals surface area contributed by atoms with Gasteiger partial charge in [-0.2, -0.15) is 0 Å². The number of hydrogen-bond acceptors (Lipinski definition) is 3. The number of halogens is 1. The second kappa shape index (κ2) is 7.44. The zero-order valence-corrected chi connectivity index (χ0v) is 16.2. The fraction of sp³-hybridized carbons (Fsp3) is 0.304. The normalized spacial score (nSPS) is 19.8. The molecule has 2 aliphatic rings. The summed E-state index contributed by atoms with van der Waals surface area (Å²) in [5, 5.41) is 1.16. The third-order valence-corrected chi connectivity index (χ3v) is 5.85. The predicted molar refractivity (Wildman–Crippen MR) is 110 cm³/mol. The molecule has 29 heavy (non-hydrogen) atoms. The summed E-state index contributed by atoms with van der Waals surface area (Å²) < 4.78 is 13.1. The Kier molecular flexibility index (Phi) is 4.64. The largest absolute Gasteiger partial charge is 0.320 e. The van der Waals surface area contributed by atoms with Crippen LogP contribution >= 0.6 is 0 Å². The van der Waals surface area contributed by atoms with Crippen LogP contribution in [0.1, 0.15) is 11.1 Å². The number of aromatic nitrogens is 1. The van der Waals surface area contributed by atoms with E-state index in [-0.39, 0.29) is 17.9 Å². The number of fused-ring (bicyclic) bond motifs is 2. The van der Waals surface area contributed by atoms with Gasteiger partial charge in [0, 0.05) is 50.9 Å². The number of benzene rings is 2. The number of amides is 2. The van der Waals surface area contributed by atoms with Crippen LogP contribution in [0.5, 0.6) is 0 Å². The lowest BCUT2D eigenvalue weighted by Gasteiger charge is -2.36. The Bertz CT molecular complexity index is 1040. The number of rotatable bonds is 4. The van der Waals surface area contributed by atoms with Crippen molar-refractivity contribution >= 4 is 16.9 Å². The zero-order chi connectivity index (χ0) is 19.8. The van der Waals surface area contributed by atoms with Crippen LogP contribution in [0.3, 0.4) is 0 Å². The first-order valence-corrected chi connectivity index (χ1v) is 10.0. The van der Waals surface area contributed by atoms with Crippen molar-refractivity contribution in [3.05, 3.63) is 77.7 Å². The lowest BCUT2D eigenvalue weighted by molar-refractivity contribution is 0.116. The third kappa shape index (κ3) is 3.68. The predicted octanol–water partition coefficient (Wildman–Crippen LogP) is 3.50. The van der Waals surface area contributed by atoms with Crippen LogP contribution in [0.2, 0.25) is 0 Å². The average Bonchev–Trinajstić information content (AvgIpc) is 3.04. The summed E-state index contributed by atoms with van der Waals surface area (Å²) in [6, 6.07) is 17.0. The molecule has 2 aromatic carbocycles. The van der Waals surface area contributed by atoms with E-state index in [9.17, 15) is 9.18 Å². The highest BCUT2D eigenvalue weighted by atomic mass is 19.1. The Morgan fingerprint density at radius 1 is 0.966 bits per heavy atom. The van der Waals surface area contributed by atoms with E-state index in [1.165, 1.54) is 17.7 Å². The van der Waals surface area contributed by atoms with Crippen molar-refractivity contribution < 1.29 is 9.18 Å². The molecule has 5 nitrogen and oxygen atoms in total. The van der Waals surface area contributed by atoms with Crippen LogP contribution in [0.15, 0.2) is 60.8 Å². The van der Waals surface area contributed by atoms with Gasteiger partial charge in [-0.05, 0) is 35.4 Å². The molecular weight excluding hydrogens is 367 g/mol. The number of pyridine rings is 1. The molecule has 3 heterocycles. The highest BCUT2D eigenvalue weighted by Crippen LogP contribution is 2.24. The molecule has 0 spiro atoms. The van der Waals surface area contributed by atoms with Crippen LogP contribution in [0.25, 0.3) is 10.9 Å². The molecule has 2 saturated heterocycles. The van der Waals surface area contributed by atoms with Gasteiger partial charge in [-0.25, -0.2) is 9.18 Å². The Morgan fingerprint density at radius 3 is 2.66 bits per heavy atom. The molecule has 0 N–H and O–H groups in total. The number of urea groups is 1. The van der Waals surface area contributed by atoms with Gasteiger partial charge in [0.05, 0.1) is 11.6 Å². The molecule has 0 saturated carbocycles. The molecule has 1 aromatic heterocycles. The van der Waals surface area contributed by atoms with Crippen molar-refractivity contribution in [2.24, 2.45) is 0 Å². The second-order valence-corrected chi connectivity index (χ2v) is 7.91. The number of carbonyl (C=O) groups is 1. The second-order valence-electron chi connectivity index (χ2n) is 7.91. The Labute approximate surface area is 169 Å². The van der Waals surface area contributed by atoms with Gasteiger partial charge in [0.25, 0.3) is 0 Å². The maximum atomic E-state index is 13.1. The van der Waals surface area contributed by atoms with Crippen LogP contribution in [0.4, 0.5) is 9.18 Å². The van der Waals surface area contributed by atoms with E-state index in [2.05, 4.69) is 22.0 Å². The molecule has 6 heteroatoms. The van der Waals surface area contributed by atoms with E-state index >= 15 is 0 Å². The Morgan fingerprint density at radius 2 is 1.79 bits per heavy atom.